The lowest BCUT2D eigenvalue weighted by Crippen LogP contribution is -2.42. The number of anilines is 1. The van der Waals surface area contributed by atoms with Crippen molar-refractivity contribution in [1.82, 2.24) is 4.90 Å². The van der Waals surface area contributed by atoms with E-state index < -0.39 is 0 Å². The molecule has 28 heavy (non-hydrogen) atoms. The molecular formula is C23H32ClN3O. The summed E-state index contributed by atoms with van der Waals surface area (Å²) in [5.74, 6) is 1.36. The third kappa shape index (κ3) is 5.20. The van der Waals surface area contributed by atoms with E-state index in [1.165, 1.54) is 32.1 Å². The number of carbonyl (C=O) groups excluding carboxylic acids is 1. The fourth-order valence-corrected chi connectivity index (χ4v) is 4.80. The second-order valence-corrected chi connectivity index (χ2v) is 9.22. The number of nitrogens with zero attached hydrogens (tertiary/aromatic N) is 3. The van der Waals surface area contributed by atoms with Crippen molar-refractivity contribution in [1.29, 1.82) is 5.26 Å². The molecular weight excluding hydrogens is 370 g/mol. The number of hydrogen-bond donors (Lipinski definition) is 0. The molecule has 1 atom stereocenters. The Kier molecular flexibility index (Phi) is 7.24. The van der Waals surface area contributed by atoms with E-state index in [9.17, 15) is 10.1 Å². The van der Waals surface area contributed by atoms with Gasteiger partial charge in [-0.25, -0.2) is 0 Å². The number of likely N-dealkylation sites (tertiary alicyclic amines) is 1. The van der Waals surface area contributed by atoms with E-state index in [1.807, 2.05) is 23.1 Å². The van der Waals surface area contributed by atoms with E-state index in [0.29, 0.717) is 34.9 Å². The summed E-state index contributed by atoms with van der Waals surface area (Å²) in [4.78, 5) is 17.0. The van der Waals surface area contributed by atoms with E-state index in [-0.39, 0.29) is 5.91 Å². The Morgan fingerprint density at radius 2 is 2.04 bits per heavy atom. The quantitative estimate of drug-likeness (QED) is 0.654. The van der Waals surface area contributed by atoms with Crippen molar-refractivity contribution in [3.8, 4) is 6.07 Å². The molecule has 3 rings (SSSR count). The van der Waals surface area contributed by atoms with E-state index in [2.05, 4.69) is 24.8 Å². The highest BCUT2D eigenvalue weighted by Crippen LogP contribution is 2.32. The SMILES string of the molecule is CC(C)CC(=O)N1CCC(N(CC2CCCCC2)c2ccc(C#N)c(Cl)c2)C1. The molecule has 2 fully saturated rings. The Labute approximate surface area is 174 Å². The van der Waals surface area contributed by atoms with Crippen LogP contribution in [0.4, 0.5) is 5.69 Å². The average molecular weight is 402 g/mol. The van der Waals surface area contributed by atoms with E-state index in [0.717, 1.165) is 31.7 Å². The summed E-state index contributed by atoms with van der Waals surface area (Å²) in [5, 5.41) is 9.71. The zero-order chi connectivity index (χ0) is 20.1. The topological polar surface area (TPSA) is 47.3 Å². The van der Waals surface area contributed by atoms with E-state index in [1.54, 1.807) is 0 Å². The number of carbonyl (C=O) groups is 1. The van der Waals surface area contributed by atoms with Gasteiger partial charge in [0, 0.05) is 37.8 Å². The van der Waals surface area contributed by atoms with Gasteiger partial charge in [-0.2, -0.15) is 5.26 Å². The van der Waals surface area contributed by atoms with Crippen molar-refractivity contribution in [2.75, 3.05) is 24.5 Å². The van der Waals surface area contributed by atoms with Crippen molar-refractivity contribution < 1.29 is 4.79 Å². The van der Waals surface area contributed by atoms with Crippen LogP contribution in [0.2, 0.25) is 5.02 Å². The van der Waals surface area contributed by atoms with Gasteiger partial charge in [-0.05, 0) is 49.3 Å². The summed E-state index contributed by atoms with van der Waals surface area (Å²) >= 11 is 6.35. The summed E-state index contributed by atoms with van der Waals surface area (Å²) < 4.78 is 0. The molecule has 5 heteroatoms. The first-order chi connectivity index (χ1) is 13.5. The van der Waals surface area contributed by atoms with Gasteiger partial charge in [-0.15, -0.1) is 0 Å². The van der Waals surface area contributed by atoms with Gasteiger partial charge in [-0.3, -0.25) is 4.79 Å². The highest BCUT2D eigenvalue weighted by atomic mass is 35.5. The largest absolute Gasteiger partial charge is 0.366 e. The summed E-state index contributed by atoms with van der Waals surface area (Å²) in [6.45, 7) is 6.83. The second-order valence-electron chi connectivity index (χ2n) is 8.81. The highest BCUT2D eigenvalue weighted by molar-refractivity contribution is 6.32. The van der Waals surface area contributed by atoms with Crippen molar-refractivity contribution in [3.63, 3.8) is 0 Å². The zero-order valence-corrected chi connectivity index (χ0v) is 17.9. The Morgan fingerprint density at radius 3 is 2.68 bits per heavy atom. The third-order valence-electron chi connectivity index (χ3n) is 6.12. The maximum absolute atomic E-state index is 12.5. The van der Waals surface area contributed by atoms with Crippen molar-refractivity contribution in [3.05, 3.63) is 28.8 Å². The van der Waals surface area contributed by atoms with Gasteiger partial charge in [0.05, 0.1) is 10.6 Å². The Bertz CT molecular complexity index is 721. The first-order valence-corrected chi connectivity index (χ1v) is 11.1. The minimum absolute atomic E-state index is 0.271. The first-order valence-electron chi connectivity index (χ1n) is 10.7. The maximum atomic E-state index is 12.5. The minimum atomic E-state index is 0.271. The van der Waals surface area contributed by atoms with Crippen LogP contribution in [0.25, 0.3) is 0 Å². The number of nitriles is 1. The molecule has 0 spiro atoms. The van der Waals surface area contributed by atoms with Crippen LogP contribution in [0.15, 0.2) is 18.2 Å². The molecule has 152 valence electrons. The van der Waals surface area contributed by atoms with Gasteiger partial charge < -0.3 is 9.80 Å². The van der Waals surface area contributed by atoms with E-state index in [4.69, 9.17) is 11.6 Å². The second kappa shape index (κ2) is 9.65. The highest BCUT2D eigenvalue weighted by Gasteiger charge is 2.32. The molecule has 1 aromatic rings. The number of rotatable bonds is 6. The van der Waals surface area contributed by atoms with E-state index >= 15 is 0 Å². The standard InChI is InChI=1S/C23H32ClN3O/c1-17(2)12-23(28)26-11-10-21(16-26)27(15-18-6-4-3-5-7-18)20-9-8-19(14-25)22(24)13-20/h8-9,13,17-18,21H,3-7,10-12,15-16H2,1-2H3. The molecule has 0 bridgehead atoms. The monoisotopic (exact) mass is 401 g/mol. The molecule has 2 aliphatic rings. The number of halogens is 1. The number of amides is 1. The molecule has 1 unspecified atom stereocenters. The van der Waals surface area contributed by atoms with Gasteiger partial charge in [0.15, 0.2) is 0 Å². The van der Waals surface area contributed by atoms with Crippen LogP contribution in [-0.2, 0) is 4.79 Å². The first kappa shape index (κ1) is 21.0. The summed E-state index contributed by atoms with van der Waals surface area (Å²) in [6.07, 6.45) is 8.16. The molecule has 0 radical (unpaired) electrons. The van der Waals surface area contributed by atoms with Gasteiger partial charge in [0.2, 0.25) is 5.91 Å². The predicted octanol–water partition coefficient (Wildman–Crippen LogP) is 5.25. The zero-order valence-electron chi connectivity index (χ0n) is 17.2. The van der Waals surface area contributed by atoms with Crippen LogP contribution in [0, 0.1) is 23.2 Å². The number of hydrogen-bond acceptors (Lipinski definition) is 3. The number of benzene rings is 1. The fraction of sp³-hybridized carbons (Fsp3) is 0.652. The molecule has 1 amide bonds. The van der Waals surface area contributed by atoms with Crippen LogP contribution in [0.1, 0.15) is 64.4 Å². The Balaban J connectivity index is 1.77. The fourth-order valence-electron chi connectivity index (χ4n) is 4.59. The lowest BCUT2D eigenvalue weighted by Gasteiger charge is -2.36. The average Bonchev–Trinajstić information content (AvgIpc) is 3.16. The summed E-state index contributed by atoms with van der Waals surface area (Å²) in [5.41, 5.74) is 1.60. The molecule has 1 aliphatic carbocycles. The molecule has 0 N–H and O–H groups in total. The van der Waals surface area contributed by atoms with Gasteiger partial charge in [0.1, 0.15) is 6.07 Å². The molecule has 1 saturated heterocycles. The van der Waals surface area contributed by atoms with Crippen molar-refractivity contribution in [2.24, 2.45) is 11.8 Å². The molecule has 1 heterocycles. The third-order valence-corrected chi connectivity index (χ3v) is 6.44. The van der Waals surface area contributed by atoms with Crippen molar-refractivity contribution >= 4 is 23.2 Å². The Morgan fingerprint density at radius 1 is 1.29 bits per heavy atom. The van der Waals surface area contributed by atoms with Gasteiger partial charge >= 0.3 is 0 Å². The lowest BCUT2D eigenvalue weighted by molar-refractivity contribution is -0.130. The lowest BCUT2D eigenvalue weighted by atomic mass is 9.88. The molecule has 0 aromatic heterocycles. The Hall–Kier alpha value is -1.73. The summed E-state index contributed by atoms with van der Waals surface area (Å²) in [6, 6.07) is 8.24. The van der Waals surface area contributed by atoms with Crippen LogP contribution >= 0.6 is 11.6 Å². The molecule has 1 saturated carbocycles. The minimum Gasteiger partial charge on any atom is -0.366 e. The van der Waals surface area contributed by atoms with Crippen LogP contribution in [-0.4, -0.2) is 36.5 Å². The smallest absolute Gasteiger partial charge is 0.222 e. The normalized spacial score (nSPS) is 20.4. The molecule has 1 aliphatic heterocycles. The van der Waals surface area contributed by atoms with Crippen molar-refractivity contribution in [2.45, 2.75) is 64.8 Å². The van der Waals surface area contributed by atoms with Gasteiger partial charge in [0.25, 0.3) is 0 Å². The maximum Gasteiger partial charge on any atom is 0.222 e. The van der Waals surface area contributed by atoms with Crippen LogP contribution in [0.5, 0.6) is 0 Å². The van der Waals surface area contributed by atoms with Crippen LogP contribution in [0.3, 0.4) is 0 Å². The predicted molar refractivity (Wildman–Crippen MR) is 115 cm³/mol. The van der Waals surface area contributed by atoms with Gasteiger partial charge in [-0.1, -0.05) is 44.7 Å². The molecule has 4 nitrogen and oxygen atoms in total. The van der Waals surface area contributed by atoms with Crippen LogP contribution < -0.4 is 4.90 Å². The molecule has 1 aromatic carbocycles. The summed E-state index contributed by atoms with van der Waals surface area (Å²) in [7, 11) is 0.